The van der Waals surface area contributed by atoms with Gasteiger partial charge in [0.1, 0.15) is 0 Å². The molecule has 0 nitrogen and oxygen atoms in total. The maximum Gasteiger partial charge on any atom is -0.0348 e. The third kappa shape index (κ3) is 15.0. The quantitative estimate of drug-likeness (QED) is 0.277. The van der Waals surface area contributed by atoms with Gasteiger partial charge in [0.05, 0.1) is 0 Å². The molecule has 0 radical (unpaired) electrons. The molecule has 0 spiro atoms. The highest BCUT2D eigenvalue weighted by Crippen LogP contribution is 2.09. The molecule has 102 valence electrons. The molecule has 0 aliphatic rings. The van der Waals surface area contributed by atoms with E-state index in [1.807, 2.05) is 18.2 Å². The minimum Gasteiger partial charge on any atom is -0.0991 e. The van der Waals surface area contributed by atoms with E-state index in [0.29, 0.717) is 0 Å². The van der Waals surface area contributed by atoms with E-state index in [-0.39, 0.29) is 0 Å². The molecule has 0 heterocycles. The molecule has 0 amide bonds. The van der Waals surface area contributed by atoms with Gasteiger partial charge in [0, 0.05) is 0 Å². The van der Waals surface area contributed by atoms with E-state index in [1.165, 1.54) is 57.8 Å². The molecule has 0 bridgehead atoms. The highest BCUT2D eigenvalue weighted by Gasteiger charge is 1.89. The van der Waals surface area contributed by atoms with Gasteiger partial charge in [0.25, 0.3) is 0 Å². The van der Waals surface area contributed by atoms with Crippen molar-refractivity contribution >= 4 is 0 Å². The van der Waals surface area contributed by atoms with Gasteiger partial charge in [-0.1, -0.05) is 101 Å². The van der Waals surface area contributed by atoms with Crippen molar-refractivity contribution in [3.63, 3.8) is 0 Å². The summed E-state index contributed by atoms with van der Waals surface area (Å²) in [5.41, 5.74) is 0. The van der Waals surface area contributed by atoms with Crippen LogP contribution in [0.5, 0.6) is 0 Å². The fraction of sp³-hybridized carbons (Fsp3) is 0.556. The molecule has 0 heteroatoms. The molecule has 0 saturated heterocycles. The zero-order chi connectivity index (χ0) is 13.3. The third-order valence-corrected chi connectivity index (χ3v) is 2.94. The molecule has 0 unspecified atom stereocenters. The van der Waals surface area contributed by atoms with E-state index in [0.717, 1.165) is 0 Å². The second kappa shape index (κ2) is 16.0. The molecule has 0 aromatic carbocycles. The fourth-order valence-electron chi connectivity index (χ4n) is 1.84. The van der Waals surface area contributed by atoms with Crippen LogP contribution in [0.4, 0.5) is 0 Å². The lowest BCUT2D eigenvalue weighted by Crippen LogP contribution is -1.79. The van der Waals surface area contributed by atoms with Crippen molar-refractivity contribution in [1.29, 1.82) is 0 Å². The van der Waals surface area contributed by atoms with Gasteiger partial charge in [-0.25, -0.2) is 0 Å². The summed E-state index contributed by atoms with van der Waals surface area (Å²) in [5, 5.41) is 0. The summed E-state index contributed by atoms with van der Waals surface area (Å²) in [6.45, 7) is 5.89. The third-order valence-electron chi connectivity index (χ3n) is 2.94. The maximum absolute atomic E-state index is 3.62. The molecule has 0 aromatic rings. The molecular formula is C18H30. The Morgan fingerprint density at radius 2 is 1.22 bits per heavy atom. The summed E-state index contributed by atoms with van der Waals surface area (Å²) in [4.78, 5) is 0. The molecule has 0 aliphatic heterocycles. The second-order valence-electron chi connectivity index (χ2n) is 4.70. The van der Waals surface area contributed by atoms with Gasteiger partial charge in [0.15, 0.2) is 0 Å². The first-order valence-electron chi connectivity index (χ1n) is 7.52. The van der Waals surface area contributed by atoms with Crippen LogP contribution in [0.2, 0.25) is 0 Å². The number of hydrogen-bond acceptors (Lipinski definition) is 0. The van der Waals surface area contributed by atoms with E-state index in [4.69, 9.17) is 0 Å². The van der Waals surface area contributed by atoms with Crippen molar-refractivity contribution in [1.82, 2.24) is 0 Å². The molecule has 0 aromatic heterocycles. The largest absolute Gasteiger partial charge is 0.0991 e. The summed E-state index contributed by atoms with van der Waals surface area (Å²) in [5.74, 6) is 0. The summed E-state index contributed by atoms with van der Waals surface area (Å²) >= 11 is 0. The van der Waals surface area contributed by atoms with Crippen LogP contribution < -0.4 is 0 Å². The monoisotopic (exact) mass is 246 g/mol. The fourth-order valence-corrected chi connectivity index (χ4v) is 1.84. The highest BCUT2D eigenvalue weighted by atomic mass is 14.0. The van der Waals surface area contributed by atoms with Crippen LogP contribution in [0.25, 0.3) is 0 Å². The zero-order valence-electron chi connectivity index (χ0n) is 12.1. The average Bonchev–Trinajstić information content (AvgIpc) is 2.39. The number of hydrogen-bond donors (Lipinski definition) is 0. The SMILES string of the molecule is C=C\C=C/C=C\C=C\CCCCCCCCCC. The first-order valence-corrected chi connectivity index (χ1v) is 7.52. The predicted octanol–water partition coefficient (Wildman–Crippen LogP) is 6.37. The van der Waals surface area contributed by atoms with Gasteiger partial charge in [-0.3, -0.25) is 0 Å². The van der Waals surface area contributed by atoms with Gasteiger partial charge >= 0.3 is 0 Å². The van der Waals surface area contributed by atoms with Gasteiger partial charge in [-0.15, -0.1) is 0 Å². The Balaban J connectivity index is 3.19. The van der Waals surface area contributed by atoms with E-state index in [2.05, 4.69) is 31.7 Å². The van der Waals surface area contributed by atoms with Crippen LogP contribution in [0.3, 0.4) is 0 Å². The van der Waals surface area contributed by atoms with Crippen molar-refractivity contribution in [2.24, 2.45) is 0 Å². The standard InChI is InChI=1S/C18H30/c1-3-5-7-9-11-13-15-17-18-16-14-12-10-8-6-4-2/h3,5,7,9,11,13,15H,1,4,6,8,10,12,14,16-18H2,2H3/b7-5-,11-9-,15-13+. The molecule has 0 fully saturated rings. The minimum atomic E-state index is 1.21. The van der Waals surface area contributed by atoms with Crippen molar-refractivity contribution in [3.05, 3.63) is 49.1 Å². The molecule has 0 rings (SSSR count). The van der Waals surface area contributed by atoms with E-state index >= 15 is 0 Å². The van der Waals surface area contributed by atoms with Crippen LogP contribution in [0.15, 0.2) is 49.1 Å². The Morgan fingerprint density at radius 1 is 0.667 bits per heavy atom. The van der Waals surface area contributed by atoms with Gasteiger partial charge < -0.3 is 0 Å². The molecule has 0 aliphatic carbocycles. The van der Waals surface area contributed by atoms with Crippen LogP contribution in [-0.4, -0.2) is 0 Å². The molecule has 0 atom stereocenters. The van der Waals surface area contributed by atoms with Crippen molar-refractivity contribution in [2.75, 3.05) is 0 Å². The molecule has 0 N–H and O–H groups in total. The van der Waals surface area contributed by atoms with Crippen LogP contribution in [0, 0.1) is 0 Å². The first kappa shape index (κ1) is 17.0. The Hall–Kier alpha value is -1.04. The van der Waals surface area contributed by atoms with E-state index < -0.39 is 0 Å². The smallest absolute Gasteiger partial charge is 0.0348 e. The molecule has 0 saturated carbocycles. The van der Waals surface area contributed by atoms with Crippen LogP contribution in [-0.2, 0) is 0 Å². The van der Waals surface area contributed by atoms with Gasteiger partial charge in [-0.2, -0.15) is 0 Å². The summed E-state index contributed by atoms with van der Waals surface area (Å²) in [7, 11) is 0. The lowest BCUT2D eigenvalue weighted by Gasteiger charge is -1.99. The zero-order valence-corrected chi connectivity index (χ0v) is 12.1. The second-order valence-corrected chi connectivity index (χ2v) is 4.70. The van der Waals surface area contributed by atoms with Crippen molar-refractivity contribution in [3.8, 4) is 0 Å². The normalized spacial score (nSPS) is 12.1. The van der Waals surface area contributed by atoms with Crippen LogP contribution in [0.1, 0.15) is 64.7 Å². The van der Waals surface area contributed by atoms with E-state index in [1.54, 1.807) is 6.08 Å². The summed E-state index contributed by atoms with van der Waals surface area (Å²) in [6, 6.07) is 0. The van der Waals surface area contributed by atoms with Gasteiger partial charge in [0.2, 0.25) is 0 Å². The lowest BCUT2D eigenvalue weighted by atomic mass is 10.1. The van der Waals surface area contributed by atoms with Crippen molar-refractivity contribution < 1.29 is 0 Å². The predicted molar refractivity (Wildman–Crippen MR) is 84.8 cm³/mol. The summed E-state index contributed by atoms with van der Waals surface area (Å²) < 4.78 is 0. The number of unbranched alkanes of at least 4 members (excludes halogenated alkanes) is 8. The molecular weight excluding hydrogens is 216 g/mol. The van der Waals surface area contributed by atoms with E-state index in [9.17, 15) is 0 Å². The average molecular weight is 246 g/mol. The topological polar surface area (TPSA) is 0 Å². The Kier molecular flexibility index (Phi) is 15.0. The Bertz CT molecular complexity index is 243. The Labute approximate surface area is 114 Å². The minimum absolute atomic E-state index is 1.21. The Morgan fingerprint density at radius 3 is 1.89 bits per heavy atom. The maximum atomic E-state index is 3.62. The number of allylic oxidation sites excluding steroid dienone is 7. The summed E-state index contributed by atoms with van der Waals surface area (Å²) in [6.07, 6.45) is 26.6. The lowest BCUT2D eigenvalue weighted by molar-refractivity contribution is 0.577. The first-order chi connectivity index (χ1) is 8.91. The molecule has 18 heavy (non-hydrogen) atoms. The highest BCUT2D eigenvalue weighted by molar-refractivity contribution is 5.14. The number of rotatable bonds is 12. The van der Waals surface area contributed by atoms with Crippen LogP contribution >= 0.6 is 0 Å². The van der Waals surface area contributed by atoms with Crippen molar-refractivity contribution in [2.45, 2.75) is 64.7 Å². The van der Waals surface area contributed by atoms with Gasteiger partial charge in [-0.05, 0) is 12.8 Å².